The SMILES string of the molecule is O=C(CCCc1nc2cccnc2n1Cc1ccccc1)Nc1ccc2c(c1)OCO2. The molecule has 5 rings (SSSR count). The van der Waals surface area contributed by atoms with Gasteiger partial charge in [-0.3, -0.25) is 4.79 Å². The van der Waals surface area contributed by atoms with Crippen LogP contribution in [0.3, 0.4) is 0 Å². The van der Waals surface area contributed by atoms with Crippen molar-refractivity contribution in [2.75, 3.05) is 12.1 Å². The molecule has 0 radical (unpaired) electrons. The Balaban J connectivity index is 1.25. The molecule has 3 heterocycles. The number of nitrogens with zero attached hydrogens (tertiary/aromatic N) is 3. The Morgan fingerprint density at radius 2 is 1.90 bits per heavy atom. The smallest absolute Gasteiger partial charge is 0.231 e. The number of pyridine rings is 1. The van der Waals surface area contributed by atoms with Crippen molar-refractivity contribution in [3.05, 3.63) is 78.2 Å². The molecule has 0 unspecified atom stereocenters. The molecule has 0 fully saturated rings. The van der Waals surface area contributed by atoms with Gasteiger partial charge in [0.15, 0.2) is 17.1 Å². The van der Waals surface area contributed by atoms with Crippen molar-refractivity contribution in [1.29, 1.82) is 0 Å². The van der Waals surface area contributed by atoms with Crippen LogP contribution in [0.1, 0.15) is 24.2 Å². The minimum Gasteiger partial charge on any atom is -0.454 e. The lowest BCUT2D eigenvalue weighted by atomic mass is 10.2. The summed E-state index contributed by atoms with van der Waals surface area (Å²) in [6.07, 6.45) is 3.57. The first-order chi connectivity index (χ1) is 15.3. The van der Waals surface area contributed by atoms with Crippen molar-refractivity contribution in [1.82, 2.24) is 14.5 Å². The predicted molar refractivity (Wildman–Crippen MR) is 117 cm³/mol. The average molecular weight is 414 g/mol. The van der Waals surface area contributed by atoms with Crippen LogP contribution in [0, 0.1) is 0 Å². The topological polar surface area (TPSA) is 78.3 Å². The highest BCUT2D eigenvalue weighted by molar-refractivity contribution is 5.91. The molecule has 0 saturated carbocycles. The zero-order valence-electron chi connectivity index (χ0n) is 17.0. The molecule has 2 aromatic carbocycles. The van der Waals surface area contributed by atoms with Crippen LogP contribution < -0.4 is 14.8 Å². The van der Waals surface area contributed by atoms with E-state index in [2.05, 4.69) is 27.0 Å². The number of anilines is 1. The van der Waals surface area contributed by atoms with E-state index in [1.165, 1.54) is 5.56 Å². The minimum atomic E-state index is -0.0392. The molecule has 0 bridgehead atoms. The van der Waals surface area contributed by atoms with Crippen LogP contribution in [-0.4, -0.2) is 27.2 Å². The number of nitrogens with one attached hydrogen (secondary N) is 1. The highest BCUT2D eigenvalue weighted by Crippen LogP contribution is 2.34. The Labute approximate surface area is 179 Å². The molecule has 1 aliphatic rings. The minimum absolute atomic E-state index is 0.0392. The normalized spacial score (nSPS) is 12.3. The van der Waals surface area contributed by atoms with Gasteiger partial charge in [-0.25, -0.2) is 9.97 Å². The molecule has 2 aromatic heterocycles. The summed E-state index contributed by atoms with van der Waals surface area (Å²) in [5, 5.41) is 2.92. The number of amides is 1. The van der Waals surface area contributed by atoms with E-state index in [0.29, 0.717) is 43.0 Å². The predicted octanol–water partition coefficient (Wildman–Crippen LogP) is 4.17. The second-order valence-corrected chi connectivity index (χ2v) is 7.42. The van der Waals surface area contributed by atoms with Gasteiger partial charge in [-0.15, -0.1) is 0 Å². The van der Waals surface area contributed by atoms with Crippen LogP contribution in [0.5, 0.6) is 11.5 Å². The summed E-state index contributed by atoms with van der Waals surface area (Å²) < 4.78 is 12.8. The molecular weight excluding hydrogens is 392 g/mol. The molecule has 7 heteroatoms. The first-order valence-corrected chi connectivity index (χ1v) is 10.3. The number of carbonyl (C=O) groups is 1. The van der Waals surface area contributed by atoms with Crippen LogP contribution in [0.4, 0.5) is 5.69 Å². The Morgan fingerprint density at radius 1 is 1.03 bits per heavy atom. The number of aryl methyl sites for hydroxylation is 1. The first-order valence-electron chi connectivity index (χ1n) is 10.3. The Kier molecular flexibility index (Phi) is 5.22. The summed E-state index contributed by atoms with van der Waals surface area (Å²) in [6, 6.07) is 19.5. The molecule has 0 atom stereocenters. The lowest BCUT2D eigenvalue weighted by Crippen LogP contribution is -2.12. The summed E-state index contributed by atoms with van der Waals surface area (Å²) in [5.41, 5.74) is 3.63. The van der Waals surface area contributed by atoms with Gasteiger partial charge in [0.25, 0.3) is 0 Å². The lowest BCUT2D eigenvalue weighted by molar-refractivity contribution is -0.116. The van der Waals surface area contributed by atoms with Gasteiger partial charge in [0.05, 0.1) is 6.54 Å². The third-order valence-corrected chi connectivity index (χ3v) is 5.23. The molecule has 31 heavy (non-hydrogen) atoms. The number of imidazole rings is 1. The number of fused-ring (bicyclic) bond motifs is 2. The maximum absolute atomic E-state index is 12.4. The molecule has 0 spiro atoms. The Hall–Kier alpha value is -3.87. The van der Waals surface area contributed by atoms with Gasteiger partial charge < -0.3 is 19.4 Å². The van der Waals surface area contributed by atoms with Gasteiger partial charge in [0.2, 0.25) is 12.7 Å². The number of ether oxygens (including phenoxy) is 2. The quantitative estimate of drug-likeness (QED) is 0.491. The van der Waals surface area contributed by atoms with Crippen molar-refractivity contribution >= 4 is 22.8 Å². The summed E-state index contributed by atoms with van der Waals surface area (Å²) in [4.78, 5) is 21.7. The van der Waals surface area contributed by atoms with Crippen molar-refractivity contribution in [2.45, 2.75) is 25.8 Å². The molecule has 156 valence electrons. The van der Waals surface area contributed by atoms with Gasteiger partial charge in [0, 0.05) is 30.8 Å². The van der Waals surface area contributed by atoms with E-state index in [-0.39, 0.29) is 12.7 Å². The van der Waals surface area contributed by atoms with E-state index in [1.54, 1.807) is 18.3 Å². The number of rotatable bonds is 7. The maximum Gasteiger partial charge on any atom is 0.231 e. The van der Waals surface area contributed by atoms with Crippen LogP contribution >= 0.6 is 0 Å². The van der Waals surface area contributed by atoms with Crippen molar-refractivity contribution in [3.63, 3.8) is 0 Å². The van der Waals surface area contributed by atoms with E-state index >= 15 is 0 Å². The number of benzene rings is 2. The standard InChI is InChI=1S/C24H22N4O3/c29-23(26-18-11-12-20-21(14-18)31-16-30-20)10-4-9-22-27-19-8-5-13-25-24(19)28(22)15-17-6-2-1-3-7-17/h1-3,5-8,11-14H,4,9-10,15-16H2,(H,26,29). The fourth-order valence-corrected chi connectivity index (χ4v) is 3.73. The zero-order valence-corrected chi connectivity index (χ0v) is 17.0. The lowest BCUT2D eigenvalue weighted by Gasteiger charge is -2.09. The number of carbonyl (C=O) groups excluding carboxylic acids is 1. The Bertz CT molecular complexity index is 1220. The van der Waals surface area contributed by atoms with E-state index in [9.17, 15) is 4.79 Å². The third kappa shape index (κ3) is 4.21. The first kappa shape index (κ1) is 19.1. The molecule has 1 amide bonds. The van der Waals surface area contributed by atoms with Crippen molar-refractivity contribution in [3.8, 4) is 11.5 Å². The number of hydrogen-bond acceptors (Lipinski definition) is 5. The zero-order chi connectivity index (χ0) is 21.0. The maximum atomic E-state index is 12.4. The summed E-state index contributed by atoms with van der Waals surface area (Å²) in [5.74, 6) is 2.25. The van der Waals surface area contributed by atoms with Gasteiger partial charge in [0.1, 0.15) is 11.3 Å². The molecular formula is C24H22N4O3. The molecule has 7 nitrogen and oxygen atoms in total. The summed E-state index contributed by atoms with van der Waals surface area (Å²) in [7, 11) is 0. The van der Waals surface area contributed by atoms with Crippen LogP contribution in [0.2, 0.25) is 0 Å². The summed E-state index contributed by atoms with van der Waals surface area (Å²) in [6.45, 7) is 0.915. The number of aromatic nitrogens is 3. The van der Waals surface area contributed by atoms with E-state index in [4.69, 9.17) is 14.5 Å². The fourth-order valence-electron chi connectivity index (χ4n) is 3.73. The van der Waals surface area contributed by atoms with E-state index in [0.717, 1.165) is 17.0 Å². The second-order valence-electron chi connectivity index (χ2n) is 7.42. The molecule has 4 aromatic rings. The van der Waals surface area contributed by atoms with Crippen LogP contribution in [0.15, 0.2) is 66.9 Å². The summed E-state index contributed by atoms with van der Waals surface area (Å²) >= 11 is 0. The van der Waals surface area contributed by atoms with E-state index < -0.39 is 0 Å². The average Bonchev–Trinajstić information content (AvgIpc) is 3.39. The second kappa shape index (κ2) is 8.47. The van der Waals surface area contributed by atoms with Gasteiger partial charge >= 0.3 is 0 Å². The van der Waals surface area contributed by atoms with Gasteiger partial charge in [-0.05, 0) is 36.2 Å². The van der Waals surface area contributed by atoms with Gasteiger partial charge in [-0.2, -0.15) is 0 Å². The molecule has 0 saturated heterocycles. The number of hydrogen-bond donors (Lipinski definition) is 1. The van der Waals surface area contributed by atoms with Crippen molar-refractivity contribution < 1.29 is 14.3 Å². The highest BCUT2D eigenvalue weighted by Gasteiger charge is 2.15. The molecule has 0 aliphatic carbocycles. The Morgan fingerprint density at radius 3 is 2.81 bits per heavy atom. The molecule has 1 N–H and O–H groups in total. The monoisotopic (exact) mass is 414 g/mol. The third-order valence-electron chi connectivity index (χ3n) is 5.23. The van der Waals surface area contributed by atoms with E-state index in [1.807, 2.05) is 36.4 Å². The fraction of sp³-hybridized carbons (Fsp3) is 0.208. The van der Waals surface area contributed by atoms with Gasteiger partial charge in [-0.1, -0.05) is 30.3 Å². The van der Waals surface area contributed by atoms with Crippen LogP contribution in [-0.2, 0) is 17.8 Å². The van der Waals surface area contributed by atoms with Crippen LogP contribution in [0.25, 0.3) is 11.2 Å². The highest BCUT2D eigenvalue weighted by atomic mass is 16.7. The largest absolute Gasteiger partial charge is 0.454 e. The molecule has 1 aliphatic heterocycles. The van der Waals surface area contributed by atoms with Crippen molar-refractivity contribution in [2.24, 2.45) is 0 Å².